The van der Waals surface area contributed by atoms with E-state index in [2.05, 4.69) is 0 Å². The molecule has 0 saturated carbocycles. The average molecular weight is 370 g/mol. The van der Waals surface area contributed by atoms with Crippen molar-refractivity contribution >= 4 is 37.2 Å². The Hall–Kier alpha value is -1.51. The molecule has 2 aromatic rings. The van der Waals surface area contributed by atoms with Gasteiger partial charge < -0.3 is 0 Å². The van der Waals surface area contributed by atoms with Crippen LogP contribution in [0.15, 0.2) is 18.2 Å². The Kier molecular flexibility index (Phi) is 4.39. The van der Waals surface area contributed by atoms with Crippen molar-refractivity contribution in [3.05, 3.63) is 34.5 Å². The smallest absolute Gasteiger partial charge is 0.267 e. The maximum atomic E-state index is 14.1. The number of amides is 1. The SMILES string of the molecule is Cc1c(C(=O)N([C@@H]2CCS(=O)(=O)C2)N(C)C)sc2cccc(F)c12. The molecule has 1 aliphatic heterocycles. The van der Waals surface area contributed by atoms with E-state index in [4.69, 9.17) is 0 Å². The number of rotatable bonds is 3. The molecule has 24 heavy (non-hydrogen) atoms. The van der Waals surface area contributed by atoms with Crippen LogP contribution in [0.5, 0.6) is 0 Å². The van der Waals surface area contributed by atoms with Crippen molar-refractivity contribution in [1.29, 1.82) is 0 Å². The predicted molar refractivity (Wildman–Crippen MR) is 93.4 cm³/mol. The van der Waals surface area contributed by atoms with Crippen molar-refractivity contribution < 1.29 is 17.6 Å². The fourth-order valence-corrected chi connectivity index (χ4v) is 6.05. The van der Waals surface area contributed by atoms with Crippen molar-refractivity contribution in [1.82, 2.24) is 10.0 Å². The molecule has 0 bridgehead atoms. The average Bonchev–Trinajstić information content (AvgIpc) is 3.00. The molecule has 130 valence electrons. The summed E-state index contributed by atoms with van der Waals surface area (Å²) in [6.07, 6.45) is 0.421. The van der Waals surface area contributed by atoms with Crippen LogP contribution in [-0.2, 0) is 9.84 Å². The number of fused-ring (bicyclic) bond motifs is 1. The van der Waals surface area contributed by atoms with Gasteiger partial charge in [0, 0.05) is 24.2 Å². The highest BCUT2D eigenvalue weighted by molar-refractivity contribution is 7.91. The zero-order chi connectivity index (χ0) is 17.6. The number of carbonyl (C=O) groups excluding carboxylic acids is 1. The standard InChI is InChI=1S/C16H19FN2O3S2/c1-10-14-12(17)5-4-6-13(14)23-15(10)16(20)19(18(2)3)11-7-8-24(21,22)9-11/h4-6,11H,7-9H2,1-3H3/t11-/m1/s1. The van der Waals surface area contributed by atoms with Crippen LogP contribution in [0.25, 0.3) is 10.1 Å². The Morgan fingerprint density at radius 1 is 1.33 bits per heavy atom. The number of nitrogens with zero attached hydrogens (tertiary/aromatic N) is 2. The van der Waals surface area contributed by atoms with Crippen molar-refractivity contribution in [2.45, 2.75) is 19.4 Å². The van der Waals surface area contributed by atoms with Gasteiger partial charge in [0.15, 0.2) is 9.84 Å². The topological polar surface area (TPSA) is 57.7 Å². The molecule has 0 aliphatic carbocycles. The molecule has 0 unspecified atom stereocenters. The van der Waals surface area contributed by atoms with Crippen molar-refractivity contribution in [3.8, 4) is 0 Å². The predicted octanol–water partition coefficient (Wildman–Crippen LogP) is 2.45. The van der Waals surface area contributed by atoms with Crippen LogP contribution in [0.3, 0.4) is 0 Å². The number of benzene rings is 1. The number of hydrazine groups is 1. The van der Waals surface area contributed by atoms with E-state index in [1.54, 1.807) is 38.2 Å². The molecule has 0 N–H and O–H groups in total. The van der Waals surface area contributed by atoms with E-state index >= 15 is 0 Å². The van der Waals surface area contributed by atoms with Gasteiger partial charge in [0.1, 0.15) is 5.82 Å². The third kappa shape index (κ3) is 2.94. The molecule has 5 nitrogen and oxygen atoms in total. The first-order valence-electron chi connectivity index (χ1n) is 7.60. The molecule has 0 spiro atoms. The number of aryl methyl sites for hydroxylation is 1. The lowest BCUT2D eigenvalue weighted by Crippen LogP contribution is -2.49. The van der Waals surface area contributed by atoms with Gasteiger partial charge in [0.25, 0.3) is 5.91 Å². The Balaban J connectivity index is 2.03. The second-order valence-corrected chi connectivity index (χ2v) is 9.50. The number of sulfone groups is 1. The van der Waals surface area contributed by atoms with Crippen molar-refractivity contribution in [2.75, 3.05) is 25.6 Å². The number of halogens is 1. The minimum absolute atomic E-state index is 0.0325. The monoisotopic (exact) mass is 370 g/mol. The van der Waals surface area contributed by atoms with Crippen LogP contribution < -0.4 is 0 Å². The third-order valence-electron chi connectivity index (χ3n) is 4.29. The van der Waals surface area contributed by atoms with Gasteiger partial charge in [-0.25, -0.2) is 17.8 Å². The van der Waals surface area contributed by atoms with Crippen molar-refractivity contribution in [3.63, 3.8) is 0 Å². The van der Waals surface area contributed by atoms with Gasteiger partial charge in [-0.2, -0.15) is 0 Å². The molecule has 1 aromatic heterocycles. The summed E-state index contributed by atoms with van der Waals surface area (Å²) in [5, 5.41) is 3.57. The molecule has 3 rings (SSSR count). The van der Waals surface area contributed by atoms with E-state index in [0.29, 0.717) is 26.9 Å². The summed E-state index contributed by atoms with van der Waals surface area (Å²) in [4.78, 5) is 13.5. The molecule has 1 atom stereocenters. The van der Waals surface area contributed by atoms with E-state index in [9.17, 15) is 17.6 Å². The van der Waals surface area contributed by atoms with Gasteiger partial charge in [-0.05, 0) is 31.0 Å². The Bertz CT molecular complexity index is 905. The quantitative estimate of drug-likeness (QED) is 0.779. The fourth-order valence-electron chi connectivity index (χ4n) is 3.20. The Morgan fingerprint density at radius 2 is 2.04 bits per heavy atom. The van der Waals surface area contributed by atoms with E-state index in [1.807, 2.05) is 0 Å². The first-order chi connectivity index (χ1) is 11.2. The van der Waals surface area contributed by atoms with Crippen LogP contribution in [0, 0.1) is 12.7 Å². The summed E-state index contributed by atoms with van der Waals surface area (Å²) >= 11 is 1.24. The van der Waals surface area contributed by atoms with Crippen molar-refractivity contribution in [2.24, 2.45) is 0 Å². The molecule has 0 radical (unpaired) electrons. The normalized spacial score (nSPS) is 20.0. The van der Waals surface area contributed by atoms with Crippen LogP contribution in [0.4, 0.5) is 4.39 Å². The summed E-state index contributed by atoms with van der Waals surface area (Å²) in [5.74, 6) is -0.565. The summed E-state index contributed by atoms with van der Waals surface area (Å²) in [7, 11) is 0.320. The molecule has 1 amide bonds. The number of hydrogen-bond donors (Lipinski definition) is 0. The van der Waals surface area contributed by atoms with Gasteiger partial charge in [-0.3, -0.25) is 9.80 Å². The minimum atomic E-state index is -3.11. The molecular formula is C16H19FN2O3S2. The van der Waals surface area contributed by atoms with Gasteiger partial charge in [0.05, 0.1) is 22.4 Å². The molecule has 1 aromatic carbocycles. The maximum Gasteiger partial charge on any atom is 0.278 e. The number of thiophene rings is 1. The molecule has 1 fully saturated rings. The molecule has 2 heterocycles. The number of hydrogen-bond acceptors (Lipinski definition) is 5. The highest BCUT2D eigenvalue weighted by Gasteiger charge is 2.37. The summed E-state index contributed by atoms with van der Waals surface area (Å²) < 4.78 is 38.3. The lowest BCUT2D eigenvalue weighted by Gasteiger charge is -2.33. The minimum Gasteiger partial charge on any atom is -0.267 e. The van der Waals surface area contributed by atoms with Crippen LogP contribution in [0.1, 0.15) is 21.7 Å². The van der Waals surface area contributed by atoms with Crippen LogP contribution >= 0.6 is 11.3 Å². The van der Waals surface area contributed by atoms with Gasteiger partial charge in [0.2, 0.25) is 0 Å². The molecule has 8 heteroatoms. The maximum absolute atomic E-state index is 14.1. The first-order valence-corrected chi connectivity index (χ1v) is 10.2. The highest BCUT2D eigenvalue weighted by Crippen LogP contribution is 2.34. The van der Waals surface area contributed by atoms with Gasteiger partial charge >= 0.3 is 0 Å². The van der Waals surface area contributed by atoms with E-state index in [1.165, 1.54) is 22.4 Å². The third-order valence-corrected chi connectivity index (χ3v) is 7.29. The highest BCUT2D eigenvalue weighted by atomic mass is 32.2. The van der Waals surface area contributed by atoms with E-state index in [0.717, 1.165) is 0 Å². The van der Waals surface area contributed by atoms with E-state index < -0.39 is 9.84 Å². The van der Waals surface area contributed by atoms with Crippen LogP contribution in [-0.4, -0.2) is 56.0 Å². The zero-order valence-corrected chi connectivity index (χ0v) is 15.4. The molecule has 1 saturated heterocycles. The molecular weight excluding hydrogens is 351 g/mol. The van der Waals surface area contributed by atoms with E-state index in [-0.39, 0.29) is 29.3 Å². The first kappa shape index (κ1) is 17.3. The number of carbonyl (C=O) groups is 1. The lowest BCUT2D eigenvalue weighted by molar-refractivity contribution is 0.00143. The van der Waals surface area contributed by atoms with Gasteiger partial charge in [-0.15, -0.1) is 11.3 Å². The Labute approximate surface area is 144 Å². The lowest BCUT2D eigenvalue weighted by atomic mass is 10.1. The second-order valence-electron chi connectivity index (χ2n) is 6.22. The summed E-state index contributed by atoms with van der Waals surface area (Å²) in [5.41, 5.74) is 0.603. The summed E-state index contributed by atoms with van der Waals surface area (Å²) in [6, 6.07) is 4.40. The molecule has 1 aliphatic rings. The fraction of sp³-hybridized carbons (Fsp3) is 0.438. The van der Waals surface area contributed by atoms with Crippen LogP contribution in [0.2, 0.25) is 0 Å². The largest absolute Gasteiger partial charge is 0.278 e. The zero-order valence-electron chi connectivity index (χ0n) is 13.7. The Morgan fingerprint density at radius 3 is 2.58 bits per heavy atom. The van der Waals surface area contributed by atoms with Gasteiger partial charge in [-0.1, -0.05) is 6.07 Å². The second kappa shape index (κ2) is 6.09. The summed E-state index contributed by atoms with van der Waals surface area (Å²) in [6.45, 7) is 1.73.